The largest absolute Gasteiger partial charge is 0.495 e. The number of carbonyl (C=O) groups excluding carboxylic acids is 3. The molecule has 1 fully saturated rings. The fourth-order valence-corrected chi connectivity index (χ4v) is 3.40. The van der Waals surface area contributed by atoms with Crippen molar-refractivity contribution in [1.29, 1.82) is 0 Å². The molecule has 1 aliphatic heterocycles. The van der Waals surface area contributed by atoms with E-state index >= 15 is 0 Å². The first-order valence-corrected chi connectivity index (χ1v) is 9.53. The van der Waals surface area contributed by atoms with Gasteiger partial charge in [-0.05, 0) is 43.5 Å². The van der Waals surface area contributed by atoms with Crippen molar-refractivity contribution in [3.8, 4) is 5.75 Å². The van der Waals surface area contributed by atoms with Crippen LogP contribution < -0.4 is 15.4 Å². The number of benzene rings is 2. The van der Waals surface area contributed by atoms with Crippen LogP contribution in [0.5, 0.6) is 5.75 Å². The first kappa shape index (κ1) is 20.4. The molecule has 2 aromatic rings. The molecule has 4 amide bonds. The molecule has 29 heavy (non-hydrogen) atoms. The fourth-order valence-electron chi connectivity index (χ4n) is 3.40. The van der Waals surface area contributed by atoms with Crippen LogP contribution in [0.2, 0.25) is 0 Å². The maximum atomic E-state index is 12.7. The predicted molar refractivity (Wildman–Crippen MR) is 110 cm³/mol. The van der Waals surface area contributed by atoms with Crippen molar-refractivity contribution in [2.75, 3.05) is 12.4 Å². The summed E-state index contributed by atoms with van der Waals surface area (Å²) in [5.74, 6) is 0.00912. The van der Waals surface area contributed by atoms with Crippen LogP contribution in [0.15, 0.2) is 48.5 Å². The van der Waals surface area contributed by atoms with Gasteiger partial charge in [-0.25, -0.2) is 4.79 Å². The summed E-state index contributed by atoms with van der Waals surface area (Å²) in [5.41, 5.74) is 2.45. The number of imide groups is 1. The lowest BCUT2D eigenvalue weighted by atomic mass is 10.1. The van der Waals surface area contributed by atoms with E-state index in [-0.39, 0.29) is 30.7 Å². The molecular weight excluding hydrogens is 370 g/mol. The summed E-state index contributed by atoms with van der Waals surface area (Å²) in [5, 5.41) is 5.50. The van der Waals surface area contributed by atoms with Gasteiger partial charge in [0.15, 0.2) is 0 Å². The van der Waals surface area contributed by atoms with Crippen molar-refractivity contribution in [2.45, 2.75) is 38.8 Å². The van der Waals surface area contributed by atoms with E-state index in [0.717, 1.165) is 11.1 Å². The second-order valence-electron chi connectivity index (χ2n) is 7.09. The average molecular weight is 395 g/mol. The van der Waals surface area contributed by atoms with Crippen LogP contribution in [0.1, 0.15) is 36.9 Å². The molecule has 0 radical (unpaired) electrons. The standard InChI is InChI=1S/C22H25N3O4/c1-14-9-11-19(29-3)18(13-14)23-20(26)12-10-17-21(27)25(22(28)24-17)15(2)16-7-5-4-6-8-16/h4-9,11,13,15,17H,10,12H2,1-3H3,(H,23,26)(H,24,28). The van der Waals surface area contributed by atoms with Gasteiger partial charge in [0.2, 0.25) is 5.91 Å². The highest BCUT2D eigenvalue weighted by Gasteiger charge is 2.40. The van der Waals surface area contributed by atoms with E-state index < -0.39 is 12.1 Å². The number of rotatable bonds is 7. The Labute approximate surface area is 170 Å². The summed E-state index contributed by atoms with van der Waals surface area (Å²) in [7, 11) is 1.54. The van der Waals surface area contributed by atoms with Crippen molar-refractivity contribution in [1.82, 2.24) is 10.2 Å². The van der Waals surface area contributed by atoms with Gasteiger partial charge in [0.25, 0.3) is 5.91 Å². The third kappa shape index (κ3) is 4.56. The molecule has 2 unspecified atom stereocenters. The molecule has 0 bridgehead atoms. The highest BCUT2D eigenvalue weighted by atomic mass is 16.5. The number of aryl methyl sites for hydroxylation is 1. The van der Waals surface area contributed by atoms with E-state index in [0.29, 0.717) is 11.4 Å². The Morgan fingerprint density at radius 2 is 1.93 bits per heavy atom. The Morgan fingerprint density at radius 3 is 2.62 bits per heavy atom. The molecule has 152 valence electrons. The molecule has 0 aliphatic carbocycles. The SMILES string of the molecule is COc1ccc(C)cc1NC(=O)CCC1NC(=O)N(C(C)c2ccccc2)C1=O. The first-order chi connectivity index (χ1) is 13.9. The van der Waals surface area contributed by atoms with E-state index in [4.69, 9.17) is 4.74 Å². The zero-order valence-corrected chi connectivity index (χ0v) is 16.8. The maximum absolute atomic E-state index is 12.7. The fraction of sp³-hybridized carbons (Fsp3) is 0.318. The minimum Gasteiger partial charge on any atom is -0.495 e. The summed E-state index contributed by atoms with van der Waals surface area (Å²) in [4.78, 5) is 38.7. The lowest BCUT2D eigenvalue weighted by Crippen LogP contribution is -2.34. The van der Waals surface area contributed by atoms with E-state index in [1.165, 1.54) is 12.0 Å². The van der Waals surface area contributed by atoms with Gasteiger partial charge in [-0.2, -0.15) is 0 Å². The van der Waals surface area contributed by atoms with E-state index in [9.17, 15) is 14.4 Å². The van der Waals surface area contributed by atoms with Crippen molar-refractivity contribution < 1.29 is 19.1 Å². The molecule has 7 heteroatoms. The normalized spacial score (nSPS) is 17.1. The smallest absolute Gasteiger partial charge is 0.325 e. The topological polar surface area (TPSA) is 87.7 Å². The second-order valence-corrected chi connectivity index (χ2v) is 7.09. The van der Waals surface area contributed by atoms with Crippen LogP contribution in [0.25, 0.3) is 0 Å². The Kier molecular flexibility index (Phi) is 6.16. The Balaban J connectivity index is 1.60. The Hall–Kier alpha value is -3.35. The number of anilines is 1. The number of amides is 4. The molecule has 3 rings (SSSR count). The molecule has 2 aromatic carbocycles. The molecular formula is C22H25N3O4. The number of urea groups is 1. The third-order valence-corrected chi connectivity index (χ3v) is 5.01. The molecule has 1 saturated heterocycles. The monoisotopic (exact) mass is 395 g/mol. The number of ether oxygens (including phenoxy) is 1. The minimum absolute atomic E-state index is 0.0986. The van der Waals surface area contributed by atoms with Crippen LogP contribution in [0.4, 0.5) is 10.5 Å². The molecule has 1 heterocycles. The molecule has 0 aromatic heterocycles. The maximum Gasteiger partial charge on any atom is 0.325 e. The van der Waals surface area contributed by atoms with Crippen molar-refractivity contribution in [2.24, 2.45) is 0 Å². The summed E-state index contributed by atoms with van der Waals surface area (Å²) in [6.07, 6.45) is 0.323. The summed E-state index contributed by atoms with van der Waals surface area (Å²) < 4.78 is 5.26. The highest BCUT2D eigenvalue weighted by Crippen LogP contribution is 2.27. The van der Waals surface area contributed by atoms with Gasteiger partial charge in [-0.3, -0.25) is 14.5 Å². The Bertz CT molecular complexity index is 914. The lowest BCUT2D eigenvalue weighted by molar-refractivity contribution is -0.129. The molecule has 0 saturated carbocycles. The summed E-state index contributed by atoms with van der Waals surface area (Å²) >= 11 is 0. The first-order valence-electron chi connectivity index (χ1n) is 9.53. The second kappa shape index (κ2) is 8.77. The summed E-state index contributed by atoms with van der Waals surface area (Å²) in [6, 6.07) is 13.3. The van der Waals surface area contributed by atoms with Crippen molar-refractivity contribution >= 4 is 23.5 Å². The van der Waals surface area contributed by atoms with Crippen LogP contribution in [-0.2, 0) is 9.59 Å². The number of hydrogen-bond acceptors (Lipinski definition) is 4. The van der Waals surface area contributed by atoms with Crippen LogP contribution in [0.3, 0.4) is 0 Å². The molecule has 0 spiro atoms. The number of carbonyl (C=O) groups is 3. The summed E-state index contributed by atoms with van der Waals surface area (Å²) in [6.45, 7) is 3.73. The van der Waals surface area contributed by atoms with Crippen molar-refractivity contribution in [3.63, 3.8) is 0 Å². The predicted octanol–water partition coefficient (Wildman–Crippen LogP) is 3.40. The number of methoxy groups -OCH3 is 1. The zero-order chi connectivity index (χ0) is 21.0. The molecule has 1 aliphatic rings. The van der Waals surface area contributed by atoms with Crippen LogP contribution in [-0.4, -0.2) is 35.9 Å². The molecule has 7 nitrogen and oxygen atoms in total. The molecule has 2 atom stereocenters. The number of nitrogens with one attached hydrogen (secondary N) is 2. The van der Waals surface area contributed by atoms with Gasteiger partial charge in [-0.1, -0.05) is 36.4 Å². The van der Waals surface area contributed by atoms with E-state index in [1.54, 1.807) is 6.07 Å². The van der Waals surface area contributed by atoms with Gasteiger partial charge in [0.1, 0.15) is 11.8 Å². The quantitative estimate of drug-likeness (QED) is 0.704. The van der Waals surface area contributed by atoms with E-state index in [1.807, 2.05) is 56.3 Å². The minimum atomic E-state index is -0.709. The number of nitrogens with zero attached hydrogens (tertiary/aromatic N) is 1. The number of hydrogen-bond donors (Lipinski definition) is 2. The van der Waals surface area contributed by atoms with Gasteiger partial charge < -0.3 is 15.4 Å². The average Bonchev–Trinajstić information content (AvgIpc) is 3.00. The van der Waals surface area contributed by atoms with Gasteiger partial charge >= 0.3 is 6.03 Å². The zero-order valence-electron chi connectivity index (χ0n) is 16.8. The third-order valence-electron chi connectivity index (χ3n) is 5.01. The lowest BCUT2D eigenvalue weighted by Gasteiger charge is -2.21. The Morgan fingerprint density at radius 1 is 1.21 bits per heavy atom. The van der Waals surface area contributed by atoms with Crippen LogP contribution >= 0.6 is 0 Å². The highest BCUT2D eigenvalue weighted by molar-refractivity contribution is 6.05. The molecule has 2 N–H and O–H groups in total. The van der Waals surface area contributed by atoms with Gasteiger partial charge in [0.05, 0.1) is 18.8 Å². The van der Waals surface area contributed by atoms with Gasteiger partial charge in [0, 0.05) is 6.42 Å². The van der Waals surface area contributed by atoms with Gasteiger partial charge in [-0.15, -0.1) is 0 Å². The van der Waals surface area contributed by atoms with E-state index in [2.05, 4.69) is 10.6 Å². The van der Waals surface area contributed by atoms with Crippen molar-refractivity contribution in [3.05, 3.63) is 59.7 Å². The van der Waals surface area contributed by atoms with Crippen LogP contribution in [0, 0.1) is 6.92 Å².